The van der Waals surface area contributed by atoms with E-state index in [2.05, 4.69) is 17.3 Å². The van der Waals surface area contributed by atoms with Crippen LogP contribution in [0.1, 0.15) is 35.2 Å². The first-order chi connectivity index (χ1) is 12.5. The third-order valence-corrected chi connectivity index (χ3v) is 6.53. The number of hydrogen-bond donors (Lipinski definition) is 1. The van der Waals surface area contributed by atoms with Gasteiger partial charge in [-0.05, 0) is 44.5 Å². The van der Waals surface area contributed by atoms with E-state index < -0.39 is 0 Å². The Morgan fingerprint density at radius 1 is 1.31 bits per heavy atom. The lowest BCUT2D eigenvalue weighted by Crippen LogP contribution is -2.55. The minimum absolute atomic E-state index is 0.0721. The van der Waals surface area contributed by atoms with Crippen LogP contribution in [-0.4, -0.2) is 66.5 Å². The fourth-order valence-electron chi connectivity index (χ4n) is 5.12. The van der Waals surface area contributed by atoms with E-state index >= 15 is 0 Å². The summed E-state index contributed by atoms with van der Waals surface area (Å²) in [5, 5.41) is 3.23. The number of nitrogens with one attached hydrogen (secondary N) is 1. The van der Waals surface area contributed by atoms with Gasteiger partial charge in [0.2, 0.25) is 5.91 Å². The fourth-order valence-corrected chi connectivity index (χ4v) is 5.12. The zero-order chi connectivity index (χ0) is 17.9. The zero-order valence-corrected chi connectivity index (χ0v) is 15.2. The Morgan fingerprint density at radius 2 is 2.15 bits per heavy atom. The normalized spacial score (nSPS) is 32.1. The van der Waals surface area contributed by atoms with Crippen molar-refractivity contribution >= 4 is 11.8 Å². The number of para-hydroxylation sites is 1. The molecule has 4 heterocycles. The maximum atomic E-state index is 12.9. The lowest BCUT2D eigenvalue weighted by atomic mass is 9.77. The molecule has 2 bridgehead atoms. The molecule has 6 nitrogen and oxygen atoms in total. The highest BCUT2D eigenvalue weighted by Gasteiger charge is 2.58. The SMILES string of the molecule is CN1CC[C@H](C(=O)N2CC3(NC(=O)c4cccc5c4OCC5)CC2C3)C1. The minimum atomic E-state index is -0.247. The zero-order valence-electron chi connectivity index (χ0n) is 15.2. The van der Waals surface area contributed by atoms with Gasteiger partial charge in [-0.15, -0.1) is 0 Å². The molecule has 1 aromatic carbocycles. The molecule has 0 spiro atoms. The van der Waals surface area contributed by atoms with Crippen LogP contribution in [0.4, 0.5) is 0 Å². The molecule has 0 radical (unpaired) electrons. The van der Waals surface area contributed by atoms with Gasteiger partial charge in [-0.2, -0.15) is 0 Å². The summed E-state index contributed by atoms with van der Waals surface area (Å²) in [5.41, 5.74) is 1.48. The Balaban J connectivity index is 1.27. The molecule has 138 valence electrons. The molecular formula is C20H25N3O3. The molecule has 1 aromatic rings. The van der Waals surface area contributed by atoms with Crippen molar-refractivity contribution in [1.29, 1.82) is 0 Å². The molecule has 1 atom stereocenters. The van der Waals surface area contributed by atoms with Crippen LogP contribution in [0.5, 0.6) is 5.75 Å². The van der Waals surface area contributed by atoms with E-state index in [-0.39, 0.29) is 23.3 Å². The molecule has 1 aliphatic carbocycles. The predicted octanol–water partition coefficient (Wildman–Crippen LogP) is 1.05. The van der Waals surface area contributed by atoms with Crippen molar-refractivity contribution in [2.24, 2.45) is 5.92 Å². The first-order valence-electron chi connectivity index (χ1n) is 9.61. The molecule has 1 N–H and O–H groups in total. The number of fused-ring (bicyclic) bond motifs is 2. The van der Waals surface area contributed by atoms with E-state index in [0.29, 0.717) is 24.8 Å². The number of nitrogens with zero attached hydrogens (tertiary/aromatic N) is 2. The quantitative estimate of drug-likeness (QED) is 0.880. The summed E-state index contributed by atoms with van der Waals surface area (Å²) in [6, 6.07) is 6.07. The molecule has 1 saturated carbocycles. The largest absolute Gasteiger partial charge is 0.492 e. The van der Waals surface area contributed by atoms with Gasteiger partial charge in [0.05, 0.1) is 23.6 Å². The van der Waals surface area contributed by atoms with Crippen LogP contribution in [0.2, 0.25) is 0 Å². The average molecular weight is 355 g/mol. The van der Waals surface area contributed by atoms with Crippen molar-refractivity contribution in [2.45, 2.75) is 37.3 Å². The molecule has 0 unspecified atom stereocenters. The van der Waals surface area contributed by atoms with E-state index in [1.165, 1.54) is 0 Å². The van der Waals surface area contributed by atoms with Crippen molar-refractivity contribution < 1.29 is 14.3 Å². The van der Waals surface area contributed by atoms with Gasteiger partial charge < -0.3 is 19.9 Å². The number of benzene rings is 1. The summed E-state index contributed by atoms with van der Waals surface area (Å²) in [5.74, 6) is 1.06. The van der Waals surface area contributed by atoms with Crippen LogP contribution in [0.3, 0.4) is 0 Å². The highest BCUT2D eigenvalue weighted by Crippen LogP contribution is 2.46. The average Bonchev–Trinajstić information content (AvgIpc) is 3.35. The molecular weight excluding hydrogens is 330 g/mol. The number of hydrogen-bond acceptors (Lipinski definition) is 4. The van der Waals surface area contributed by atoms with Gasteiger partial charge in [-0.25, -0.2) is 0 Å². The molecule has 6 rings (SSSR count). The van der Waals surface area contributed by atoms with Gasteiger partial charge in [-0.3, -0.25) is 9.59 Å². The number of amides is 2. The Bertz CT molecular complexity index is 772. The maximum Gasteiger partial charge on any atom is 0.255 e. The van der Waals surface area contributed by atoms with Gasteiger partial charge >= 0.3 is 0 Å². The lowest BCUT2D eigenvalue weighted by molar-refractivity contribution is -0.135. The van der Waals surface area contributed by atoms with Gasteiger partial charge in [0.1, 0.15) is 5.75 Å². The van der Waals surface area contributed by atoms with E-state index in [0.717, 1.165) is 50.1 Å². The maximum absolute atomic E-state index is 12.9. The molecule has 5 aliphatic rings. The van der Waals surface area contributed by atoms with Crippen LogP contribution in [0.15, 0.2) is 18.2 Å². The molecule has 26 heavy (non-hydrogen) atoms. The van der Waals surface area contributed by atoms with Crippen molar-refractivity contribution in [3.05, 3.63) is 29.3 Å². The molecule has 6 heteroatoms. The summed E-state index contributed by atoms with van der Waals surface area (Å²) < 4.78 is 5.67. The molecule has 3 saturated heterocycles. The second-order valence-electron chi connectivity index (χ2n) is 8.40. The standard InChI is InChI=1S/C20H25N3O3/c1-22-7-5-14(11-22)19(25)23-12-20(9-15(23)10-20)21-18(24)16-4-2-3-13-6-8-26-17(13)16/h2-4,14-15H,5-12H2,1H3,(H,21,24)/t14-,15?,20?/m0/s1. The highest BCUT2D eigenvalue weighted by molar-refractivity contribution is 5.98. The summed E-state index contributed by atoms with van der Waals surface area (Å²) in [7, 11) is 2.07. The number of carbonyl (C=O) groups is 2. The molecule has 4 aliphatic heterocycles. The first kappa shape index (κ1) is 16.1. The Kier molecular flexibility index (Phi) is 3.54. The monoisotopic (exact) mass is 355 g/mol. The summed E-state index contributed by atoms with van der Waals surface area (Å²) >= 11 is 0. The topological polar surface area (TPSA) is 61.9 Å². The predicted molar refractivity (Wildman–Crippen MR) is 96.2 cm³/mol. The van der Waals surface area contributed by atoms with Crippen LogP contribution in [-0.2, 0) is 11.2 Å². The first-order valence-corrected chi connectivity index (χ1v) is 9.61. The Morgan fingerprint density at radius 3 is 2.92 bits per heavy atom. The van der Waals surface area contributed by atoms with Crippen molar-refractivity contribution in [2.75, 3.05) is 33.3 Å². The number of likely N-dealkylation sites (tertiary alicyclic amines) is 1. The van der Waals surface area contributed by atoms with Gasteiger partial charge in [0.15, 0.2) is 0 Å². The lowest BCUT2D eigenvalue weighted by Gasteiger charge is -2.37. The van der Waals surface area contributed by atoms with Crippen LogP contribution in [0, 0.1) is 5.92 Å². The number of carbonyl (C=O) groups excluding carboxylic acids is 2. The van der Waals surface area contributed by atoms with Gasteiger partial charge in [-0.1, -0.05) is 12.1 Å². The highest BCUT2D eigenvalue weighted by atomic mass is 16.5. The third-order valence-electron chi connectivity index (χ3n) is 6.53. The summed E-state index contributed by atoms with van der Waals surface area (Å²) in [6.45, 7) is 3.15. The molecule has 4 fully saturated rings. The van der Waals surface area contributed by atoms with Crippen LogP contribution < -0.4 is 10.1 Å². The van der Waals surface area contributed by atoms with E-state index in [1.54, 1.807) is 0 Å². The van der Waals surface area contributed by atoms with E-state index in [9.17, 15) is 9.59 Å². The number of ether oxygens (including phenoxy) is 1. The van der Waals surface area contributed by atoms with Crippen LogP contribution >= 0.6 is 0 Å². The van der Waals surface area contributed by atoms with Crippen LogP contribution in [0.25, 0.3) is 0 Å². The van der Waals surface area contributed by atoms with E-state index in [1.807, 2.05) is 23.1 Å². The summed E-state index contributed by atoms with van der Waals surface area (Å²) in [4.78, 5) is 30.0. The second kappa shape index (κ2) is 5.71. The van der Waals surface area contributed by atoms with Crippen molar-refractivity contribution in [1.82, 2.24) is 15.1 Å². The number of rotatable bonds is 3. The second-order valence-corrected chi connectivity index (χ2v) is 8.40. The molecule has 2 amide bonds. The third kappa shape index (κ3) is 2.42. The van der Waals surface area contributed by atoms with E-state index in [4.69, 9.17) is 4.74 Å². The minimum Gasteiger partial charge on any atom is -0.492 e. The molecule has 0 aromatic heterocycles. The fraction of sp³-hybridized carbons (Fsp3) is 0.600. The van der Waals surface area contributed by atoms with Crippen molar-refractivity contribution in [3.8, 4) is 5.75 Å². The van der Waals surface area contributed by atoms with Gasteiger partial charge in [0.25, 0.3) is 5.91 Å². The Labute approximate surface area is 153 Å². The van der Waals surface area contributed by atoms with Crippen molar-refractivity contribution in [3.63, 3.8) is 0 Å². The summed E-state index contributed by atoms with van der Waals surface area (Å²) in [6.07, 6.45) is 3.57. The smallest absolute Gasteiger partial charge is 0.255 e. The Hall–Kier alpha value is -2.08. The van der Waals surface area contributed by atoms with Gasteiger partial charge in [0, 0.05) is 25.6 Å².